The van der Waals surface area contributed by atoms with E-state index in [2.05, 4.69) is 5.32 Å². The Morgan fingerprint density at radius 3 is 2.48 bits per heavy atom. The van der Waals surface area contributed by atoms with Crippen molar-refractivity contribution in [1.82, 2.24) is 5.32 Å². The van der Waals surface area contributed by atoms with Crippen LogP contribution >= 0.6 is 12.2 Å². The van der Waals surface area contributed by atoms with Gasteiger partial charge in [-0.15, -0.1) is 0 Å². The number of thiocarbonyl (C=S) groups is 1. The molecule has 1 saturated carbocycles. The van der Waals surface area contributed by atoms with E-state index >= 15 is 0 Å². The Bertz CT molecular complexity index is 359. The first-order chi connectivity index (χ1) is 10.1. The lowest BCUT2D eigenvalue weighted by Gasteiger charge is -2.30. The number of rotatable bonds is 5. The summed E-state index contributed by atoms with van der Waals surface area (Å²) < 4.78 is 5.70. The van der Waals surface area contributed by atoms with Crippen LogP contribution in [0.1, 0.15) is 64.2 Å². The van der Waals surface area contributed by atoms with Crippen LogP contribution in [-0.2, 0) is 9.53 Å². The van der Waals surface area contributed by atoms with Gasteiger partial charge in [-0.25, -0.2) is 0 Å². The molecule has 3 N–H and O–H groups in total. The van der Waals surface area contributed by atoms with Crippen LogP contribution in [0.4, 0.5) is 0 Å². The molecule has 0 aromatic carbocycles. The van der Waals surface area contributed by atoms with Crippen molar-refractivity contribution in [2.24, 2.45) is 11.1 Å². The third-order valence-electron chi connectivity index (χ3n) is 4.89. The minimum absolute atomic E-state index is 0.0349. The van der Waals surface area contributed by atoms with Crippen LogP contribution in [0.5, 0.6) is 0 Å². The average molecular weight is 312 g/mol. The molecule has 1 saturated heterocycles. The van der Waals surface area contributed by atoms with Crippen molar-refractivity contribution in [3.05, 3.63) is 0 Å². The number of hydrogen-bond acceptors (Lipinski definition) is 3. The van der Waals surface area contributed by atoms with Crippen molar-refractivity contribution < 1.29 is 9.53 Å². The summed E-state index contributed by atoms with van der Waals surface area (Å²) >= 11 is 5.23. The van der Waals surface area contributed by atoms with Gasteiger partial charge in [0.2, 0.25) is 5.91 Å². The molecule has 1 atom stereocenters. The molecule has 5 heteroatoms. The first kappa shape index (κ1) is 16.7. The normalized spacial score (nSPS) is 25.8. The molecule has 1 amide bonds. The first-order valence-corrected chi connectivity index (χ1v) is 8.76. The Labute approximate surface area is 133 Å². The molecule has 120 valence electrons. The molecular formula is C16H28N2O2S. The largest absolute Gasteiger partial charge is 0.392 e. The van der Waals surface area contributed by atoms with Crippen LogP contribution in [0.3, 0.4) is 0 Å². The van der Waals surface area contributed by atoms with Crippen molar-refractivity contribution in [3.63, 3.8) is 0 Å². The standard InChI is InChI=1S/C16H28N2O2S/c17-14(21)16(9-4-1-2-5-10-16)15(19)18-11-8-13-7-3-6-12-20-13/h13H,1-12H2,(H2,17,21)(H,18,19). The second-order valence-corrected chi connectivity index (χ2v) is 6.83. The highest BCUT2D eigenvalue weighted by atomic mass is 32.1. The van der Waals surface area contributed by atoms with E-state index in [4.69, 9.17) is 22.7 Å². The van der Waals surface area contributed by atoms with Crippen LogP contribution in [0.2, 0.25) is 0 Å². The van der Waals surface area contributed by atoms with Gasteiger partial charge in [0.1, 0.15) is 0 Å². The molecule has 21 heavy (non-hydrogen) atoms. The van der Waals surface area contributed by atoms with Gasteiger partial charge in [0, 0.05) is 13.2 Å². The third kappa shape index (κ3) is 4.39. The highest BCUT2D eigenvalue weighted by Gasteiger charge is 2.41. The molecular weight excluding hydrogens is 284 g/mol. The molecule has 0 aromatic heterocycles. The van der Waals surface area contributed by atoms with Gasteiger partial charge in [-0.1, -0.05) is 37.9 Å². The fraction of sp³-hybridized carbons (Fsp3) is 0.875. The summed E-state index contributed by atoms with van der Waals surface area (Å²) in [6.07, 6.45) is 10.7. The molecule has 1 unspecified atom stereocenters. The summed E-state index contributed by atoms with van der Waals surface area (Å²) in [5.41, 5.74) is 5.32. The van der Waals surface area contributed by atoms with E-state index in [-0.39, 0.29) is 5.91 Å². The zero-order valence-corrected chi connectivity index (χ0v) is 13.7. The van der Waals surface area contributed by atoms with Crippen molar-refractivity contribution in [3.8, 4) is 0 Å². The van der Waals surface area contributed by atoms with E-state index in [0.717, 1.165) is 51.6 Å². The summed E-state index contributed by atoms with van der Waals surface area (Å²) in [7, 11) is 0. The Morgan fingerprint density at radius 2 is 1.90 bits per heavy atom. The molecule has 1 aliphatic carbocycles. The van der Waals surface area contributed by atoms with Gasteiger partial charge in [-0.05, 0) is 38.5 Å². The predicted molar refractivity (Wildman–Crippen MR) is 88.1 cm³/mol. The van der Waals surface area contributed by atoms with E-state index in [1.54, 1.807) is 0 Å². The monoisotopic (exact) mass is 312 g/mol. The van der Waals surface area contributed by atoms with E-state index in [0.29, 0.717) is 17.6 Å². The first-order valence-electron chi connectivity index (χ1n) is 8.35. The van der Waals surface area contributed by atoms with E-state index in [1.165, 1.54) is 19.3 Å². The fourth-order valence-corrected chi connectivity index (χ4v) is 3.77. The maximum Gasteiger partial charge on any atom is 0.233 e. The van der Waals surface area contributed by atoms with E-state index in [9.17, 15) is 4.79 Å². The minimum Gasteiger partial charge on any atom is -0.392 e. The topological polar surface area (TPSA) is 64.4 Å². The summed E-state index contributed by atoms with van der Waals surface area (Å²) in [4.78, 5) is 13.0. The maximum atomic E-state index is 12.6. The molecule has 1 heterocycles. The number of hydrogen-bond donors (Lipinski definition) is 2. The molecule has 0 aromatic rings. The van der Waals surface area contributed by atoms with Gasteiger partial charge < -0.3 is 15.8 Å². The van der Waals surface area contributed by atoms with Crippen molar-refractivity contribution in [1.29, 1.82) is 0 Å². The Hall–Kier alpha value is -0.680. The van der Waals surface area contributed by atoms with Crippen molar-refractivity contribution >= 4 is 23.1 Å². The zero-order valence-electron chi connectivity index (χ0n) is 12.9. The summed E-state index contributed by atoms with van der Waals surface area (Å²) in [5.74, 6) is 0.0349. The van der Waals surface area contributed by atoms with Gasteiger partial charge >= 0.3 is 0 Å². The van der Waals surface area contributed by atoms with Crippen LogP contribution in [0.15, 0.2) is 0 Å². The van der Waals surface area contributed by atoms with Gasteiger partial charge in [0.05, 0.1) is 16.5 Å². The molecule has 1 aliphatic heterocycles. The molecule has 2 rings (SSSR count). The fourth-order valence-electron chi connectivity index (χ4n) is 3.47. The van der Waals surface area contributed by atoms with E-state index in [1.807, 2.05) is 0 Å². The number of nitrogens with two attached hydrogens (primary N) is 1. The molecule has 0 bridgehead atoms. The second-order valence-electron chi connectivity index (χ2n) is 6.39. The molecule has 0 spiro atoms. The number of carbonyl (C=O) groups excluding carboxylic acids is 1. The number of nitrogens with one attached hydrogen (secondary N) is 1. The zero-order chi connectivity index (χ0) is 15.1. The number of amides is 1. The van der Waals surface area contributed by atoms with Gasteiger partial charge in [0.15, 0.2) is 0 Å². The Kier molecular flexibility index (Phi) is 6.42. The summed E-state index contributed by atoms with van der Waals surface area (Å²) in [5, 5.41) is 3.06. The van der Waals surface area contributed by atoms with Gasteiger partial charge in [0.25, 0.3) is 0 Å². The number of carbonyl (C=O) groups is 1. The second kappa shape index (κ2) is 8.08. The maximum absolute atomic E-state index is 12.6. The average Bonchev–Trinajstić information content (AvgIpc) is 2.75. The van der Waals surface area contributed by atoms with Crippen LogP contribution in [0.25, 0.3) is 0 Å². The van der Waals surface area contributed by atoms with Crippen LogP contribution in [0, 0.1) is 5.41 Å². The predicted octanol–water partition coefficient (Wildman–Crippen LogP) is 2.69. The smallest absolute Gasteiger partial charge is 0.233 e. The molecule has 0 radical (unpaired) electrons. The Morgan fingerprint density at radius 1 is 1.19 bits per heavy atom. The molecule has 2 aliphatic rings. The summed E-state index contributed by atoms with van der Waals surface area (Å²) in [6.45, 7) is 1.52. The highest BCUT2D eigenvalue weighted by molar-refractivity contribution is 7.80. The molecule has 2 fully saturated rings. The van der Waals surface area contributed by atoms with Crippen LogP contribution in [-0.4, -0.2) is 30.2 Å². The van der Waals surface area contributed by atoms with Crippen molar-refractivity contribution in [2.45, 2.75) is 70.3 Å². The SMILES string of the molecule is NC(=S)C1(C(=O)NCCC2CCCCO2)CCCCCC1. The van der Waals surface area contributed by atoms with Gasteiger partial charge in [-0.3, -0.25) is 4.79 Å². The quantitative estimate of drug-likeness (QED) is 0.605. The third-order valence-corrected chi connectivity index (χ3v) is 5.28. The lowest BCUT2D eigenvalue weighted by molar-refractivity contribution is -0.128. The lowest BCUT2D eigenvalue weighted by Crippen LogP contribution is -2.49. The lowest BCUT2D eigenvalue weighted by atomic mass is 9.79. The number of ether oxygens (including phenoxy) is 1. The van der Waals surface area contributed by atoms with E-state index < -0.39 is 5.41 Å². The summed E-state index contributed by atoms with van der Waals surface area (Å²) in [6, 6.07) is 0. The van der Waals surface area contributed by atoms with Crippen LogP contribution < -0.4 is 11.1 Å². The van der Waals surface area contributed by atoms with Gasteiger partial charge in [-0.2, -0.15) is 0 Å². The highest BCUT2D eigenvalue weighted by Crippen LogP contribution is 2.35. The Balaban J connectivity index is 1.84. The molecule has 4 nitrogen and oxygen atoms in total. The van der Waals surface area contributed by atoms with Crippen molar-refractivity contribution in [2.75, 3.05) is 13.2 Å². The minimum atomic E-state index is -0.612.